The lowest BCUT2D eigenvalue weighted by Gasteiger charge is -2.16. The van der Waals surface area contributed by atoms with Crippen LogP contribution in [0.25, 0.3) is 0 Å². The number of nitrogens with zero attached hydrogens (tertiary/aromatic N) is 2. The summed E-state index contributed by atoms with van der Waals surface area (Å²) in [7, 11) is 3.32. The Morgan fingerprint density at radius 2 is 1.79 bits per heavy atom. The molecule has 1 N–H and O–H groups in total. The summed E-state index contributed by atoms with van der Waals surface area (Å²) in [6.07, 6.45) is -1.07. The van der Waals surface area contributed by atoms with E-state index in [1.807, 2.05) is 6.07 Å². The summed E-state index contributed by atoms with van der Waals surface area (Å²) in [4.78, 5) is 38.8. The first kappa shape index (κ1) is 22.0. The molecule has 0 unspecified atom stereocenters. The van der Waals surface area contributed by atoms with Crippen LogP contribution in [0, 0.1) is 11.3 Å². The molecule has 0 radical (unpaired) electrons. The second kappa shape index (κ2) is 10.3. The van der Waals surface area contributed by atoms with Gasteiger partial charge in [-0.3, -0.25) is 9.59 Å². The number of nitriles is 1. The van der Waals surface area contributed by atoms with E-state index in [-0.39, 0.29) is 17.2 Å². The van der Waals surface area contributed by atoms with Gasteiger partial charge in [0.25, 0.3) is 5.91 Å². The van der Waals surface area contributed by atoms with Crippen molar-refractivity contribution in [2.75, 3.05) is 25.2 Å². The van der Waals surface area contributed by atoms with Crippen molar-refractivity contribution in [3.05, 3.63) is 59.7 Å². The number of nitrogens with one attached hydrogen (secondary N) is 1. The molecule has 2 amide bonds. The molecule has 29 heavy (non-hydrogen) atoms. The molecule has 0 heterocycles. The summed E-state index contributed by atoms with van der Waals surface area (Å²) < 4.78 is 5.30. The van der Waals surface area contributed by atoms with Gasteiger partial charge in [0.2, 0.25) is 5.91 Å². The number of anilines is 1. The third-order valence-electron chi connectivity index (χ3n) is 3.92. The van der Waals surface area contributed by atoms with Crippen molar-refractivity contribution in [3.8, 4) is 6.07 Å². The van der Waals surface area contributed by atoms with Crippen LogP contribution in [0.5, 0.6) is 0 Å². The van der Waals surface area contributed by atoms with E-state index in [4.69, 9.17) is 10.00 Å². The van der Waals surface area contributed by atoms with Gasteiger partial charge in [-0.1, -0.05) is 24.3 Å². The molecule has 0 saturated carbocycles. The van der Waals surface area contributed by atoms with Gasteiger partial charge in [0.1, 0.15) is 6.07 Å². The predicted octanol–water partition coefficient (Wildman–Crippen LogP) is 2.92. The molecule has 0 aliphatic rings. The summed E-state index contributed by atoms with van der Waals surface area (Å²) in [5.41, 5.74) is 0.939. The van der Waals surface area contributed by atoms with E-state index in [0.29, 0.717) is 16.1 Å². The Bertz CT molecular complexity index is 953. The van der Waals surface area contributed by atoms with E-state index < -0.39 is 18.0 Å². The Morgan fingerprint density at radius 3 is 2.48 bits per heavy atom. The largest absolute Gasteiger partial charge is 0.449 e. The van der Waals surface area contributed by atoms with Gasteiger partial charge >= 0.3 is 5.97 Å². The normalized spacial score (nSPS) is 11.1. The van der Waals surface area contributed by atoms with Crippen molar-refractivity contribution in [1.82, 2.24) is 4.90 Å². The second-order valence-electron chi connectivity index (χ2n) is 6.27. The fourth-order valence-electron chi connectivity index (χ4n) is 2.23. The quantitative estimate of drug-likeness (QED) is 0.555. The van der Waals surface area contributed by atoms with E-state index in [9.17, 15) is 14.4 Å². The molecule has 0 bridgehead atoms. The van der Waals surface area contributed by atoms with Gasteiger partial charge in [-0.15, -0.1) is 11.8 Å². The summed E-state index contributed by atoms with van der Waals surface area (Å²) in [6, 6.07) is 15.3. The smallest absolute Gasteiger partial charge is 0.340 e. The van der Waals surface area contributed by atoms with E-state index >= 15 is 0 Å². The first-order valence-electron chi connectivity index (χ1n) is 8.76. The number of hydrogen-bond acceptors (Lipinski definition) is 6. The maximum Gasteiger partial charge on any atom is 0.340 e. The van der Waals surface area contributed by atoms with Crippen molar-refractivity contribution in [1.29, 1.82) is 5.26 Å². The number of para-hydroxylation sites is 1. The zero-order valence-corrected chi connectivity index (χ0v) is 17.2. The summed E-state index contributed by atoms with van der Waals surface area (Å²) in [5.74, 6) is -1.11. The molecule has 2 aromatic carbocycles. The van der Waals surface area contributed by atoms with Crippen molar-refractivity contribution < 1.29 is 19.1 Å². The molecule has 0 aliphatic heterocycles. The van der Waals surface area contributed by atoms with Gasteiger partial charge in [0.15, 0.2) is 6.10 Å². The molecule has 0 aromatic heterocycles. The first-order chi connectivity index (χ1) is 13.8. The third kappa shape index (κ3) is 6.09. The van der Waals surface area contributed by atoms with Crippen LogP contribution >= 0.6 is 11.8 Å². The van der Waals surface area contributed by atoms with Crippen LogP contribution < -0.4 is 5.32 Å². The fourth-order valence-corrected chi connectivity index (χ4v) is 3.25. The lowest BCUT2D eigenvalue weighted by Crippen LogP contribution is -2.30. The van der Waals surface area contributed by atoms with Crippen molar-refractivity contribution in [3.63, 3.8) is 0 Å². The highest BCUT2D eigenvalue weighted by Crippen LogP contribution is 2.24. The third-order valence-corrected chi connectivity index (χ3v) is 4.97. The van der Waals surface area contributed by atoms with Gasteiger partial charge in [0.05, 0.1) is 22.6 Å². The van der Waals surface area contributed by atoms with E-state index in [0.717, 1.165) is 0 Å². The number of thioether (sulfide) groups is 1. The van der Waals surface area contributed by atoms with Gasteiger partial charge in [-0.05, 0) is 31.2 Å². The van der Waals surface area contributed by atoms with Gasteiger partial charge in [-0.25, -0.2) is 4.79 Å². The molecule has 8 heteroatoms. The summed E-state index contributed by atoms with van der Waals surface area (Å²) in [5, 5.41) is 11.7. The number of amides is 2. The zero-order chi connectivity index (χ0) is 21.4. The van der Waals surface area contributed by atoms with Crippen molar-refractivity contribution in [2.24, 2.45) is 0 Å². The van der Waals surface area contributed by atoms with Crippen LogP contribution in [0.2, 0.25) is 0 Å². The SMILES string of the molecule is C[C@H](OC(=O)c1ccccc1SCC(=O)N(C)C)C(=O)Nc1ccccc1C#N. The monoisotopic (exact) mass is 411 g/mol. The Morgan fingerprint density at radius 1 is 1.14 bits per heavy atom. The number of carbonyl (C=O) groups is 3. The maximum atomic E-state index is 12.6. The highest BCUT2D eigenvalue weighted by atomic mass is 32.2. The van der Waals surface area contributed by atoms with Gasteiger partial charge in [-0.2, -0.15) is 5.26 Å². The average molecular weight is 411 g/mol. The Labute approximate surface area is 173 Å². The highest BCUT2D eigenvalue weighted by Gasteiger charge is 2.22. The second-order valence-corrected chi connectivity index (χ2v) is 7.28. The van der Waals surface area contributed by atoms with Crippen molar-refractivity contribution >= 4 is 35.2 Å². The minimum atomic E-state index is -1.07. The minimum Gasteiger partial charge on any atom is -0.449 e. The number of carbonyl (C=O) groups excluding carboxylic acids is 3. The Kier molecular flexibility index (Phi) is 7.80. The van der Waals surface area contributed by atoms with Crippen LogP contribution in [-0.4, -0.2) is 48.6 Å². The standard InChI is InChI=1S/C21H21N3O4S/c1-14(20(26)23-17-10-6-4-8-15(17)12-22)28-21(27)16-9-5-7-11-18(16)29-13-19(25)24(2)3/h4-11,14H,13H2,1-3H3,(H,23,26)/t14-/m0/s1. The number of esters is 1. The predicted molar refractivity (Wildman–Crippen MR) is 111 cm³/mol. The van der Waals surface area contributed by atoms with E-state index in [1.54, 1.807) is 62.6 Å². The van der Waals surface area contributed by atoms with E-state index in [1.165, 1.54) is 23.6 Å². The maximum absolute atomic E-state index is 12.6. The zero-order valence-electron chi connectivity index (χ0n) is 16.3. The molecule has 1 atom stereocenters. The lowest BCUT2D eigenvalue weighted by molar-refractivity contribution is -0.126. The molecule has 0 saturated heterocycles. The van der Waals surface area contributed by atoms with Gasteiger partial charge in [0, 0.05) is 19.0 Å². The molecule has 7 nitrogen and oxygen atoms in total. The highest BCUT2D eigenvalue weighted by molar-refractivity contribution is 8.00. The number of hydrogen-bond donors (Lipinski definition) is 1. The lowest BCUT2D eigenvalue weighted by atomic mass is 10.2. The Hall–Kier alpha value is -3.31. The van der Waals surface area contributed by atoms with Crippen LogP contribution in [0.15, 0.2) is 53.4 Å². The molecule has 0 aliphatic carbocycles. The number of rotatable bonds is 7. The van der Waals surface area contributed by atoms with Crippen LogP contribution in [-0.2, 0) is 14.3 Å². The first-order valence-corrected chi connectivity index (χ1v) is 9.75. The van der Waals surface area contributed by atoms with Crippen LogP contribution in [0.4, 0.5) is 5.69 Å². The topological polar surface area (TPSA) is 99.5 Å². The molecule has 0 spiro atoms. The average Bonchev–Trinajstić information content (AvgIpc) is 2.72. The summed E-state index contributed by atoms with van der Waals surface area (Å²) >= 11 is 1.23. The van der Waals surface area contributed by atoms with Crippen LogP contribution in [0.3, 0.4) is 0 Å². The van der Waals surface area contributed by atoms with E-state index in [2.05, 4.69) is 5.32 Å². The number of ether oxygens (including phenoxy) is 1. The Balaban J connectivity index is 2.05. The fraction of sp³-hybridized carbons (Fsp3) is 0.238. The minimum absolute atomic E-state index is 0.0814. The molecule has 0 fully saturated rings. The molecule has 2 rings (SSSR count). The molecule has 150 valence electrons. The number of benzene rings is 2. The van der Waals surface area contributed by atoms with Crippen LogP contribution in [0.1, 0.15) is 22.8 Å². The molecule has 2 aromatic rings. The molecular formula is C21H21N3O4S. The molecular weight excluding hydrogens is 390 g/mol. The van der Waals surface area contributed by atoms with Gasteiger partial charge < -0.3 is 15.0 Å². The van der Waals surface area contributed by atoms with Crippen molar-refractivity contribution in [2.45, 2.75) is 17.9 Å². The summed E-state index contributed by atoms with van der Waals surface area (Å²) in [6.45, 7) is 1.45.